The summed E-state index contributed by atoms with van der Waals surface area (Å²) < 4.78 is 13.3. The Hall–Kier alpha value is -0.880. The quantitative estimate of drug-likeness (QED) is 0.875. The lowest BCUT2D eigenvalue weighted by atomic mass is 10.2. The molecule has 1 amide bonds. The van der Waals surface area contributed by atoms with Crippen molar-refractivity contribution < 1.29 is 9.18 Å². The molecule has 1 fully saturated rings. The van der Waals surface area contributed by atoms with E-state index in [2.05, 4.69) is 15.5 Å². The van der Waals surface area contributed by atoms with Crippen LogP contribution in [0, 0.1) is 5.82 Å². The first kappa shape index (κ1) is 19.1. The third-order valence-corrected chi connectivity index (χ3v) is 3.01. The van der Waals surface area contributed by atoms with Gasteiger partial charge in [-0.3, -0.25) is 9.69 Å². The number of carbonyl (C=O) groups is 1. The molecule has 1 aromatic rings. The molecule has 0 saturated carbocycles. The maximum atomic E-state index is 13.3. The van der Waals surface area contributed by atoms with Gasteiger partial charge in [0.15, 0.2) is 0 Å². The molecule has 20 heavy (non-hydrogen) atoms. The van der Waals surface area contributed by atoms with Gasteiger partial charge in [0.2, 0.25) is 5.91 Å². The minimum absolute atomic E-state index is 0. The van der Waals surface area contributed by atoms with Crippen molar-refractivity contribution in [1.29, 1.82) is 0 Å². The van der Waals surface area contributed by atoms with Crippen molar-refractivity contribution in [3.05, 3.63) is 35.6 Å². The molecule has 1 aliphatic heterocycles. The van der Waals surface area contributed by atoms with Crippen LogP contribution in [0.25, 0.3) is 0 Å². The molecule has 114 valence electrons. The monoisotopic (exact) mass is 323 g/mol. The SMILES string of the molecule is Cl.Cl.O=C(CN1CCNCC1)NCc1ccccc1F. The van der Waals surface area contributed by atoms with Crippen molar-refractivity contribution in [1.82, 2.24) is 15.5 Å². The largest absolute Gasteiger partial charge is 0.351 e. The molecule has 0 aromatic heterocycles. The Bertz CT molecular complexity index is 414. The fourth-order valence-electron chi connectivity index (χ4n) is 1.96. The number of hydrogen-bond donors (Lipinski definition) is 2. The van der Waals surface area contributed by atoms with Gasteiger partial charge in [0.1, 0.15) is 5.82 Å². The van der Waals surface area contributed by atoms with Crippen LogP contribution in [0.15, 0.2) is 24.3 Å². The van der Waals surface area contributed by atoms with Crippen molar-refractivity contribution in [2.24, 2.45) is 0 Å². The van der Waals surface area contributed by atoms with Crippen molar-refractivity contribution in [3.8, 4) is 0 Å². The van der Waals surface area contributed by atoms with E-state index in [1.54, 1.807) is 18.2 Å². The van der Waals surface area contributed by atoms with Crippen molar-refractivity contribution in [3.63, 3.8) is 0 Å². The Morgan fingerprint density at radius 2 is 1.90 bits per heavy atom. The highest BCUT2D eigenvalue weighted by molar-refractivity contribution is 5.85. The number of carbonyl (C=O) groups excluding carboxylic acids is 1. The van der Waals surface area contributed by atoms with Gasteiger partial charge in [-0.25, -0.2) is 4.39 Å². The highest BCUT2D eigenvalue weighted by atomic mass is 35.5. The van der Waals surface area contributed by atoms with Gasteiger partial charge in [0.25, 0.3) is 0 Å². The molecule has 7 heteroatoms. The highest BCUT2D eigenvalue weighted by Gasteiger charge is 2.13. The van der Waals surface area contributed by atoms with Gasteiger partial charge >= 0.3 is 0 Å². The summed E-state index contributed by atoms with van der Waals surface area (Å²) >= 11 is 0. The van der Waals surface area contributed by atoms with Gasteiger partial charge in [0.05, 0.1) is 6.54 Å². The summed E-state index contributed by atoms with van der Waals surface area (Å²) in [5, 5.41) is 5.98. The number of benzene rings is 1. The Labute approximate surface area is 130 Å². The third-order valence-electron chi connectivity index (χ3n) is 3.01. The molecular weight excluding hydrogens is 304 g/mol. The zero-order valence-corrected chi connectivity index (χ0v) is 12.7. The van der Waals surface area contributed by atoms with Crippen LogP contribution in [0.2, 0.25) is 0 Å². The minimum atomic E-state index is -0.278. The summed E-state index contributed by atoms with van der Waals surface area (Å²) in [6.07, 6.45) is 0. The van der Waals surface area contributed by atoms with Gasteiger partial charge in [-0.2, -0.15) is 0 Å². The van der Waals surface area contributed by atoms with E-state index in [0.29, 0.717) is 12.1 Å². The second kappa shape index (κ2) is 9.94. The molecule has 1 saturated heterocycles. The fourth-order valence-corrected chi connectivity index (χ4v) is 1.96. The predicted molar refractivity (Wildman–Crippen MR) is 82.1 cm³/mol. The minimum Gasteiger partial charge on any atom is -0.351 e. The second-order valence-electron chi connectivity index (χ2n) is 4.39. The van der Waals surface area contributed by atoms with E-state index in [4.69, 9.17) is 0 Å². The molecule has 4 nitrogen and oxygen atoms in total. The lowest BCUT2D eigenvalue weighted by Gasteiger charge is -2.26. The van der Waals surface area contributed by atoms with E-state index in [9.17, 15) is 9.18 Å². The normalized spacial score (nSPS) is 14.8. The molecule has 1 heterocycles. The van der Waals surface area contributed by atoms with Crippen LogP contribution in [0.4, 0.5) is 4.39 Å². The number of piperazine rings is 1. The van der Waals surface area contributed by atoms with Crippen molar-refractivity contribution in [2.45, 2.75) is 6.54 Å². The molecule has 0 aliphatic carbocycles. The first-order valence-corrected chi connectivity index (χ1v) is 6.19. The van der Waals surface area contributed by atoms with E-state index in [1.165, 1.54) is 6.07 Å². The van der Waals surface area contributed by atoms with Crippen molar-refractivity contribution >= 4 is 30.7 Å². The standard InChI is InChI=1S/C13H18FN3O.2ClH/c14-12-4-2-1-3-11(12)9-16-13(18)10-17-7-5-15-6-8-17;;/h1-4,15H,5-10H2,(H,16,18);2*1H. The van der Waals surface area contributed by atoms with E-state index in [-0.39, 0.29) is 43.1 Å². The van der Waals surface area contributed by atoms with Gasteiger partial charge in [-0.05, 0) is 6.07 Å². The summed E-state index contributed by atoms with van der Waals surface area (Å²) in [4.78, 5) is 13.8. The molecule has 0 spiro atoms. The van der Waals surface area contributed by atoms with Crippen LogP contribution >= 0.6 is 24.8 Å². The summed E-state index contributed by atoms with van der Waals surface area (Å²) in [6, 6.07) is 6.49. The molecule has 0 bridgehead atoms. The molecule has 0 unspecified atom stereocenters. The summed E-state index contributed by atoms with van der Waals surface area (Å²) in [7, 11) is 0. The number of amides is 1. The average molecular weight is 324 g/mol. The zero-order chi connectivity index (χ0) is 12.8. The number of nitrogens with zero attached hydrogens (tertiary/aromatic N) is 1. The number of nitrogens with one attached hydrogen (secondary N) is 2. The van der Waals surface area contributed by atoms with Gasteiger partial charge in [-0.15, -0.1) is 24.8 Å². The van der Waals surface area contributed by atoms with Gasteiger partial charge in [-0.1, -0.05) is 18.2 Å². The maximum Gasteiger partial charge on any atom is 0.234 e. The zero-order valence-electron chi connectivity index (χ0n) is 11.1. The first-order chi connectivity index (χ1) is 8.75. The maximum absolute atomic E-state index is 13.3. The average Bonchev–Trinajstić information content (AvgIpc) is 2.39. The molecule has 0 atom stereocenters. The van der Waals surface area contributed by atoms with Crippen LogP contribution in [-0.2, 0) is 11.3 Å². The number of hydrogen-bond acceptors (Lipinski definition) is 3. The number of rotatable bonds is 4. The highest BCUT2D eigenvalue weighted by Crippen LogP contribution is 2.05. The molecule has 1 aliphatic rings. The van der Waals surface area contributed by atoms with Crippen molar-refractivity contribution in [2.75, 3.05) is 32.7 Å². The molecule has 2 N–H and O–H groups in total. The second-order valence-corrected chi connectivity index (χ2v) is 4.39. The van der Waals surface area contributed by atoms with E-state index < -0.39 is 0 Å². The summed E-state index contributed by atoms with van der Waals surface area (Å²) in [5.74, 6) is -0.333. The van der Waals surface area contributed by atoms with Crippen LogP contribution in [0.3, 0.4) is 0 Å². The Balaban J connectivity index is 0.00000180. The Morgan fingerprint density at radius 1 is 1.25 bits per heavy atom. The Kier molecular flexibility index (Phi) is 9.50. The van der Waals surface area contributed by atoms with Crippen LogP contribution in [0.5, 0.6) is 0 Å². The molecule has 0 radical (unpaired) electrons. The number of halogens is 3. The van der Waals surface area contributed by atoms with Crippen LogP contribution < -0.4 is 10.6 Å². The summed E-state index contributed by atoms with van der Waals surface area (Å²) in [6.45, 7) is 4.23. The third kappa shape index (κ3) is 6.05. The van der Waals surface area contributed by atoms with E-state index >= 15 is 0 Å². The van der Waals surface area contributed by atoms with E-state index in [0.717, 1.165) is 26.2 Å². The smallest absolute Gasteiger partial charge is 0.234 e. The molecule has 2 rings (SSSR count). The van der Waals surface area contributed by atoms with Gasteiger partial charge in [0, 0.05) is 38.3 Å². The van der Waals surface area contributed by atoms with Crippen LogP contribution in [-0.4, -0.2) is 43.5 Å². The first-order valence-electron chi connectivity index (χ1n) is 6.19. The molecular formula is C13H20Cl2FN3O. The van der Waals surface area contributed by atoms with Gasteiger partial charge < -0.3 is 10.6 Å². The topological polar surface area (TPSA) is 44.4 Å². The lowest BCUT2D eigenvalue weighted by Crippen LogP contribution is -2.47. The van der Waals surface area contributed by atoms with E-state index in [1.807, 2.05) is 0 Å². The Morgan fingerprint density at radius 3 is 2.55 bits per heavy atom. The van der Waals surface area contributed by atoms with Crippen LogP contribution in [0.1, 0.15) is 5.56 Å². The predicted octanol–water partition coefficient (Wildman–Crippen LogP) is 1.19. The lowest BCUT2D eigenvalue weighted by molar-refractivity contribution is -0.122. The molecule has 1 aromatic carbocycles. The summed E-state index contributed by atoms with van der Waals surface area (Å²) in [5.41, 5.74) is 0.520. The fraction of sp³-hybridized carbons (Fsp3) is 0.462.